The Kier molecular flexibility index (Phi) is 2.41. The van der Waals surface area contributed by atoms with Crippen molar-refractivity contribution in [1.29, 1.82) is 0 Å². The van der Waals surface area contributed by atoms with Gasteiger partial charge in [0, 0.05) is 33.1 Å². The van der Waals surface area contributed by atoms with Crippen molar-refractivity contribution in [2.45, 2.75) is 18.9 Å². The van der Waals surface area contributed by atoms with Crippen LogP contribution in [0.1, 0.15) is 13.3 Å². The summed E-state index contributed by atoms with van der Waals surface area (Å²) in [6.07, 6.45) is 1.19. The van der Waals surface area contributed by atoms with Crippen molar-refractivity contribution in [3.63, 3.8) is 0 Å². The second kappa shape index (κ2) is 3.37. The Bertz CT molecular complexity index is 281. The van der Waals surface area contributed by atoms with Crippen molar-refractivity contribution < 1.29 is 4.79 Å². The smallest absolute Gasteiger partial charge is 0.320 e. The van der Waals surface area contributed by atoms with Crippen molar-refractivity contribution in [3.05, 3.63) is 0 Å². The van der Waals surface area contributed by atoms with Crippen LogP contribution in [0.15, 0.2) is 0 Å². The number of carbonyl (C=O) groups excluding carboxylic acids is 1. The molecule has 2 aliphatic rings. The minimum absolute atomic E-state index is 0.0244. The normalized spacial score (nSPS) is 38.1. The Morgan fingerprint density at radius 3 is 2.67 bits per heavy atom. The van der Waals surface area contributed by atoms with Crippen LogP contribution < -0.4 is 0 Å². The summed E-state index contributed by atoms with van der Waals surface area (Å²) in [6, 6.07) is 0.157. The van der Waals surface area contributed by atoms with Gasteiger partial charge in [-0.25, -0.2) is 4.79 Å². The zero-order valence-electron chi connectivity index (χ0n) is 10.2. The molecule has 4 nitrogen and oxygen atoms in total. The summed E-state index contributed by atoms with van der Waals surface area (Å²) in [7, 11) is 5.97. The molecule has 0 aliphatic carbocycles. The first-order valence-electron chi connectivity index (χ1n) is 5.62. The maximum atomic E-state index is 11.9. The molecule has 4 heteroatoms. The Morgan fingerprint density at radius 1 is 1.33 bits per heavy atom. The van der Waals surface area contributed by atoms with E-state index in [-0.39, 0.29) is 11.6 Å². The van der Waals surface area contributed by atoms with Crippen LogP contribution in [0.4, 0.5) is 4.79 Å². The highest BCUT2D eigenvalue weighted by Gasteiger charge is 2.48. The van der Waals surface area contributed by atoms with Gasteiger partial charge >= 0.3 is 6.03 Å². The Balaban J connectivity index is 2.25. The van der Waals surface area contributed by atoms with E-state index in [9.17, 15) is 4.79 Å². The largest absolute Gasteiger partial charge is 0.327 e. The molecule has 15 heavy (non-hydrogen) atoms. The minimum Gasteiger partial charge on any atom is -0.327 e. The fraction of sp³-hybridized carbons (Fsp3) is 0.909. The van der Waals surface area contributed by atoms with Crippen molar-refractivity contribution in [2.24, 2.45) is 5.92 Å². The highest BCUT2D eigenvalue weighted by molar-refractivity contribution is 5.76. The van der Waals surface area contributed by atoms with E-state index >= 15 is 0 Å². The maximum absolute atomic E-state index is 11.9. The fourth-order valence-electron chi connectivity index (χ4n) is 2.99. The Hall–Kier alpha value is -0.770. The Morgan fingerprint density at radius 2 is 2.00 bits per heavy atom. The number of amides is 2. The van der Waals surface area contributed by atoms with Gasteiger partial charge in [-0.15, -0.1) is 0 Å². The second-order valence-corrected chi connectivity index (χ2v) is 5.30. The third kappa shape index (κ3) is 1.51. The molecule has 2 atom stereocenters. The van der Waals surface area contributed by atoms with Gasteiger partial charge in [0.15, 0.2) is 0 Å². The second-order valence-electron chi connectivity index (χ2n) is 5.30. The standard InChI is InChI=1S/C11H21N3O/c1-11-8-12(2)6-5-9(11)7-13(3)10(15)14(11)4/h9H,5-8H2,1-4H3. The summed E-state index contributed by atoms with van der Waals surface area (Å²) in [6.45, 7) is 5.27. The molecule has 2 saturated heterocycles. The van der Waals surface area contributed by atoms with Crippen LogP contribution in [-0.2, 0) is 0 Å². The molecule has 0 spiro atoms. The summed E-state index contributed by atoms with van der Waals surface area (Å²) in [5.41, 5.74) is 0.0244. The summed E-state index contributed by atoms with van der Waals surface area (Å²) >= 11 is 0. The molecule has 0 radical (unpaired) electrons. The quantitative estimate of drug-likeness (QED) is 0.589. The van der Waals surface area contributed by atoms with E-state index in [1.807, 2.05) is 23.9 Å². The van der Waals surface area contributed by atoms with Gasteiger partial charge in [-0.2, -0.15) is 0 Å². The summed E-state index contributed by atoms with van der Waals surface area (Å²) < 4.78 is 0. The van der Waals surface area contributed by atoms with Crippen LogP contribution in [0.3, 0.4) is 0 Å². The first-order valence-corrected chi connectivity index (χ1v) is 5.62. The molecule has 2 unspecified atom stereocenters. The molecule has 0 bridgehead atoms. The zero-order chi connectivity index (χ0) is 11.2. The predicted molar refractivity (Wildman–Crippen MR) is 59.8 cm³/mol. The minimum atomic E-state index is 0.0244. The first kappa shape index (κ1) is 10.7. The van der Waals surface area contributed by atoms with E-state index in [0.717, 1.165) is 19.6 Å². The van der Waals surface area contributed by atoms with Crippen molar-refractivity contribution in [1.82, 2.24) is 14.7 Å². The van der Waals surface area contributed by atoms with Crippen molar-refractivity contribution in [2.75, 3.05) is 40.8 Å². The van der Waals surface area contributed by atoms with Crippen LogP contribution in [-0.4, -0.2) is 67.0 Å². The zero-order valence-corrected chi connectivity index (χ0v) is 10.2. The average molecular weight is 211 g/mol. The summed E-state index contributed by atoms with van der Waals surface area (Å²) in [5, 5.41) is 0. The van der Waals surface area contributed by atoms with E-state index in [0.29, 0.717) is 5.92 Å². The van der Waals surface area contributed by atoms with E-state index in [1.54, 1.807) is 0 Å². The summed E-state index contributed by atoms with van der Waals surface area (Å²) in [5.74, 6) is 0.612. The van der Waals surface area contributed by atoms with Gasteiger partial charge in [-0.1, -0.05) is 0 Å². The molecule has 0 N–H and O–H groups in total. The van der Waals surface area contributed by atoms with E-state index in [1.165, 1.54) is 6.42 Å². The number of likely N-dealkylation sites (N-methyl/N-ethyl adjacent to an activating group) is 2. The number of rotatable bonds is 0. The van der Waals surface area contributed by atoms with Gasteiger partial charge in [0.2, 0.25) is 0 Å². The molecule has 0 aromatic carbocycles. The lowest BCUT2D eigenvalue weighted by Gasteiger charge is -2.55. The number of nitrogens with zero attached hydrogens (tertiary/aromatic N) is 3. The molecule has 0 saturated carbocycles. The molecule has 2 aliphatic heterocycles. The molecule has 0 aromatic rings. The lowest BCUT2D eigenvalue weighted by atomic mass is 9.77. The topological polar surface area (TPSA) is 26.8 Å². The lowest BCUT2D eigenvalue weighted by molar-refractivity contribution is -0.0221. The molecular formula is C11H21N3O. The lowest BCUT2D eigenvalue weighted by Crippen LogP contribution is -2.68. The van der Waals surface area contributed by atoms with Crippen LogP contribution >= 0.6 is 0 Å². The highest BCUT2D eigenvalue weighted by atomic mass is 16.2. The third-order valence-corrected chi connectivity index (χ3v) is 4.20. The fourth-order valence-corrected chi connectivity index (χ4v) is 2.99. The molecule has 86 valence electrons. The van der Waals surface area contributed by atoms with Crippen LogP contribution in [0.5, 0.6) is 0 Å². The average Bonchev–Trinajstić information content (AvgIpc) is 2.18. The highest BCUT2D eigenvalue weighted by Crippen LogP contribution is 2.35. The van der Waals surface area contributed by atoms with Gasteiger partial charge in [0.25, 0.3) is 0 Å². The number of piperidine rings is 1. The monoisotopic (exact) mass is 211 g/mol. The van der Waals surface area contributed by atoms with Crippen molar-refractivity contribution in [3.8, 4) is 0 Å². The van der Waals surface area contributed by atoms with E-state index in [4.69, 9.17) is 0 Å². The van der Waals surface area contributed by atoms with Gasteiger partial charge in [0.05, 0.1) is 5.54 Å². The number of carbonyl (C=O) groups is 1. The van der Waals surface area contributed by atoms with Crippen LogP contribution in [0.2, 0.25) is 0 Å². The molecule has 2 fully saturated rings. The van der Waals surface area contributed by atoms with Crippen LogP contribution in [0, 0.1) is 5.92 Å². The number of fused-ring (bicyclic) bond motifs is 1. The van der Waals surface area contributed by atoms with E-state index < -0.39 is 0 Å². The van der Waals surface area contributed by atoms with Gasteiger partial charge in [0.1, 0.15) is 0 Å². The van der Waals surface area contributed by atoms with Crippen molar-refractivity contribution >= 4 is 6.03 Å². The third-order valence-electron chi connectivity index (χ3n) is 4.20. The number of likely N-dealkylation sites (tertiary alicyclic amines) is 1. The van der Waals surface area contributed by atoms with Crippen LogP contribution in [0.25, 0.3) is 0 Å². The number of hydrogen-bond acceptors (Lipinski definition) is 2. The predicted octanol–water partition coefficient (Wildman–Crippen LogP) is 0.694. The van der Waals surface area contributed by atoms with Gasteiger partial charge < -0.3 is 14.7 Å². The first-order chi connectivity index (χ1) is 6.95. The molecule has 2 heterocycles. The number of urea groups is 1. The molecule has 2 amide bonds. The Labute approximate surface area is 91.8 Å². The number of hydrogen-bond donors (Lipinski definition) is 0. The van der Waals surface area contributed by atoms with E-state index in [2.05, 4.69) is 18.9 Å². The molecule has 2 rings (SSSR count). The maximum Gasteiger partial charge on any atom is 0.320 e. The SMILES string of the molecule is CN1CCC2CN(C)C(=O)N(C)C2(C)C1. The van der Waals surface area contributed by atoms with Gasteiger partial charge in [-0.3, -0.25) is 0 Å². The molecular weight excluding hydrogens is 190 g/mol. The molecule has 0 aromatic heterocycles. The van der Waals surface area contributed by atoms with Gasteiger partial charge in [-0.05, 0) is 26.9 Å². The summed E-state index contributed by atoms with van der Waals surface area (Å²) in [4.78, 5) is 18.0.